The Morgan fingerprint density at radius 2 is 1.81 bits per heavy atom. The maximum atomic E-state index is 13.0. The second kappa shape index (κ2) is 10.1. The molecule has 8 heteroatoms. The summed E-state index contributed by atoms with van der Waals surface area (Å²) < 4.78 is 34.0. The Morgan fingerprint density at radius 1 is 1.06 bits per heavy atom. The Labute approximate surface area is 182 Å². The van der Waals surface area contributed by atoms with Crippen molar-refractivity contribution in [3.05, 3.63) is 83.7 Å². The molecule has 0 saturated heterocycles. The van der Waals surface area contributed by atoms with Crippen LogP contribution in [0.25, 0.3) is 0 Å². The van der Waals surface area contributed by atoms with Crippen LogP contribution in [0.4, 0.5) is 5.69 Å². The molecule has 162 valence electrons. The Bertz CT molecular complexity index is 1160. The first-order valence-electron chi connectivity index (χ1n) is 9.93. The molecule has 0 saturated carbocycles. The minimum atomic E-state index is -4.04. The fourth-order valence-electron chi connectivity index (χ4n) is 3.12. The summed E-state index contributed by atoms with van der Waals surface area (Å²) in [7, 11) is -4.04. The molecular weight excluding hydrogens is 414 g/mol. The number of carbonyl (C=O) groups is 1. The van der Waals surface area contributed by atoms with Crippen LogP contribution >= 0.6 is 0 Å². The molecule has 0 unspecified atom stereocenters. The van der Waals surface area contributed by atoms with Crippen molar-refractivity contribution in [3.63, 3.8) is 0 Å². The smallest absolute Gasteiger partial charge is 0.262 e. The van der Waals surface area contributed by atoms with Gasteiger partial charge in [0.2, 0.25) is 0 Å². The number of benzene rings is 2. The van der Waals surface area contributed by atoms with Crippen molar-refractivity contribution in [2.24, 2.45) is 0 Å². The number of anilines is 1. The van der Waals surface area contributed by atoms with E-state index < -0.39 is 15.9 Å². The average Bonchev–Trinajstić information content (AvgIpc) is 2.76. The van der Waals surface area contributed by atoms with Crippen LogP contribution in [0, 0.1) is 6.92 Å². The molecule has 2 aromatic carbocycles. The van der Waals surface area contributed by atoms with Gasteiger partial charge in [0, 0.05) is 18.8 Å². The Kier molecular flexibility index (Phi) is 7.25. The van der Waals surface area contributed by atoms with E-state index in [9.17, 15) is 13.2 Å². The summed E-state index contributed by atoms with van der Waals surface area (Å²) in [6, 6.07) is 15.6. The van der Waals surface area contributed by atoms with E-state index in [4.69, 9.17) is 4.74 Å². The van der Waals surface area contributed by atoms with Gasteiger partial charge in [0.05, 0.1) is 18.4 Å². The van der Waals surface area contributed by atoms with Gasteiger partial charge >= 0.3 is 0 Å². The number of hydrogen-bond acceptors (Lipinski definition) is 5. The van der Waals surface area contributed by atoms with Crippen LogP contribution in [0.3, 0.4) is 0 Å². The van der Waals surface area contributed by atoms with Crippen LogP contribution in [-0.4, -0.2) is 32.5 Å². The molecule has 3 rings (SSSR count). The molecule has 1 aromatic heterocycles. The molecule has 0 spiro atoms. The predicted molar refractivity (Wildman–Crippen MR) is 120 cm³/mol. The third-order valence-corrected chi connectivity index (χ3v) is 6.11. The number of hydrogen-bond donors (Lipinski definition) is 2. The maximum absolute atomic E-state index is 13.0. The number of rotatable bonds is 9. The zero-order valence-corrected chi connectivity index (χ0v) is 18.3. The molecule has 0 aliphatic heterocycles. The Hall–Kier alpha value is -3.39. The Balaban J connectivity index is 1.77. The summed E-state index contributed by atoms with van der Waals surface area (Å²) in [6.45, 7) is 4.58. The van der Waals surface area contributed by atoms with Crippen molar-refractivity contribution in [1.29, 1.82) is 0 Å². The van der Waals surface area contributed by atoms with E-state index in [1.165, 1.54) is 24.5 Å². The van der Waals surface area contributed by atoms with E-state index in [2.05, 4.69) is 15.0 Å². The third kappa shape index (κ3) is 5.61. The van der Waals surface area contributed by atoms with Crippen LogP contribution in [0.2, 0.25) is 0 Å². The molecule has 3 aromatic rings. The quantitative estimate of drug-likeness (QED) is 0.531. The van der Waals surface area contributed by atoms with Crippen LogP contribution in [0.1, 0.15) is 28.4 Å². The van der Waals surface area contributed by atoms with Crippen molar-refractivity contribution >= 4 is 21.6 Å². The minimum Gasteiger partial charge on any atom is -0.492 e. The van der Waals surface area contributed by atoms with Gasteiger partial charge in [0.1, 0.15) is 16.3 Å². The van der Waals surface area contributed by atoms with Gasteiger partial charge in [-0.05, 0) is 43.5 Å². The lowest BCUT2D eigenvalue weighted by atomic mass is 10.1. The van der Waals surface area contributed by atoms with E-state index in [1.54, 1.807) is 25.1 Å². The molecular formula is C23H25N3O4S. The molecule has 0 fully saturated rings. The van der Waals surface area contributed by atoms with Crippen molar-refractivity contribution in [3.8, 4) is 5.75 Å². The largest absolute Gasteiger partial charge is 0.492 e. The SMILES string of the molecule is CCOc1ccncc1NS(=O)(=O)c1ccccc1C(=O)NCCc1ccccc1C. The number of nitrogens with one attached hydrogen (secondary N) is 2. The Morgan fingerprint density at radius 3 is 2.58 bits per heavy atom. The van der Waals surface area contributed by atoms with Gasteiger partial charge in [-0.15, -0.1) is 0 Å². The van der Waals surface area contributed by atoms with Gasteiger partial charge in [-0.3, -0.25) is 14.5 Å². The van der Waals surface area contributed by atoms with E-state index in [0.29, 0.717) is 25.3 Å². The fraction of sp³-hybridized carbons (Fsp3) is 0.217. The summed E-state index contributed by atoms with van der Waals surface area (Å²) in [6.07, 6.45) is 3.53. The molecule has 1 heterocycles. The topological polar surface area (TPSA) is 97.4 Å². The molecule has 0 aliphatic carbocycles. The van der Waals surface area contributed by atoms with Crippen LogP contribution < -0.4 is 14.8 Å². The fourth-order valence-corrected chi connectivity index (χ4v) is 4.39. The first-order chi connectivity index (χ1) is 14.9. The first kappa shape index (κ1) is 22.3. The third-order valence-electron chi connectivity index (χ3n) is 4.69. The first-order valence-corrected chi connectivity index (χ1v) is 11.4. The van der Waals surface area contributed by atoms with E-state index in [-0.39, 0.29) is 16.1 Å². The normalized spacial score (nSPS) is 11.0. The van der Waals surface area contributed by atoms with Gasteiger partial charge in [0.15, 0.2) is 0 Å². The second-order valence-electron chi connectivity index (χ2n) is 6.84. The standard InChI is InChI=1S/C23H25N3O4S/c1-3-30-21-13-14-24-16-20(21)26-31(28,29)22-11-7-6-10-19(22)23(27)25-15-12-18-9-5-4-8-17(18)2/h4-11,13-14,16,26H,3,12,15H2,1-2H3,(H,25,27). The molecule has 31 heavy (non-hydrogen) atoms. The van der Waals surface area contributed by atoms with Crippen LogP contribution in [-0.2, 0) is 16.4 Å². The number of ether oxygens (including phenoxy) is 1. The maximum Gasteiger partial charge on any atom is 0.262 e. The molecule has 7 nitrogen and oxygen atoms in total. The molecule has 0 radical (unpaired) electrons. The number of aryl methyl sites for hydroxylation is 1. The number of carbonyl (C=O) groups excluding carboxylic acids is 1. The van der Waals surface area contributed by atoms with Gasteiger partial charge in [-0.1, -0.05) is 36.4 Å². The lowest BCUT2D eigenvalue weighted by Crippen LogP contribution is -2.28. The summed E-state index contributed by atoms with van der Waals surface area (Å²) >= 11 is 0. The van der Waals surface area contributed by atoms with Gasteiger partial charge < -0.3 is 10.1 Å². The lowest BCUT2D eigenvalue weighted by molar-refractivity contribution is 0.0951. The molecule has 1 amide bonds. The zero-order valence-electron chi connectivity index (χ0n) is 17.5. The van der Waals surface area contributed by atoms with Crippen molar-refractivity contribution in [2.45, 2.75) is 25.2 Å². The second-order valence-corrected chi connectivity index (χ2v) is 8.49. The molecule has 2 N–H and O–H groups in total. The number of aromatic nitrogens is 1. The van der Waals surface area contributed by atoms with Gasteiger partial charge in [-0.25, -0.2) is 8.42 Å². The number of amides is 1. The monoisotopic (exact) mass is 439 g/mol. The summed E-state index contributed by atoms with van der Waals surface area (Å²) in [5.74, 6) is -0.0907. The number of nitrogens with zero attached hydrogens (tertiary/aromatic N) is 1. The minimum absolute atomic E-state index is 0.0710. The highest BCUT2D eigenvalue weighted by Crippen LogP contribution is 2.26. The summed E-state index contributed by atoms with van der Waals surface area (Å²) in [5.41, 5.74) is 2.55. The number of pyridine rings is 1. The summed E-state index contributed by atoms with van der Waals surface area (Å²) in [4.78, 5) is 16.6. The molecule has 0 atom stereocenters. The van der Waals surface area contributed by atoms with E-state index in [1.807, 2.05) is 31.2 Å². The van der Waals surface area contributed by atoms with Gasteiger partial charge in [0.25, 0.3) is 15.9 Å². The summed E-state index contributed by atoms with van der Waals surface area (Å²) in [5, 5.41) is 2.81. The van der Waals surface area contributed by atoms with Crippen LogP contribution in [0.5, 0.6) is 5.75 Å². The molecule has 0 bridgehead atoms. The molecule has 0 aliphatic rings. The van der Waals surface area contributed by atoms with Crippen molar-refractivity contribution < 1.29 is 17.9 Å². The zero-order chi connectivity index (χ0) is 22.3. The lowest BCUT2D eigenvalue weighted by Gasteiger charge is -2.14. The van der Waals surface area contributed by atoms with Crippen LogP contribution in [0.15, 0.2) is 71.9 Å². The van der Waals surface area contributed by atoms with Crippen molar-refractivity contribution in [1.82, 2.24) is 10.3 Å². The highest BCUT2D eigenvalue weighted by atomic mass is 32.2. The highest BCUT2D eigenvalue weighted by molar-refractivity contribution is 7.92. The predicted octanol–water partition coefficient (Wildman–Crippen LogP) is 3.56. The van der Waals surface area contributed by atoms with E-state index >= 15 is 0 Å². The highest BCUT2D eigenvalue weighted by Gasteiger charge is 2.23. The van der Waals surface area contributed by atoms with Crippen molar-refractivity contribution in [2.75, 3.05) is 17.9 Å². The van der Waals surface area contributed by atoms with E-state index in [0.717, 1.165) is 11.1 Å². The van der Waals surface area contributed by atoms with Gasteiger partial charge in [-0.2, -0.15) is 0 Å². The average molecular weight is 440 g/mol. The number of sulfonamides is 1.